The number of nitrogens with zero attached hydrogens (tertiary/aromatic N) is 3. The van der Waals surface area contributed by atoms with Crippen LogP contribution in [0.3, 0.4) is 0 Å². The lowest BCUT2D eigenvalue weighted by Crippen LogP contribution is -2.18. The second-order valence-corrected chi connectivity index (χ2v) is 3.84. The van der Waals surface area contributed by atoms with Crippen LogP contribution in [0.15, 0.2) is 30.9 Å². The molecule has 0 saturated carbocycles. The van der Waals surface area contributed by atoms with Crippen molar-refractivity contribution in [2.24, 2.45) is 5.73 Å². The van der Waals surface area contributed by atoms with Gasteiger partial charge in [-0.1, -0.05) is 6.07 Å². The van der Waals surface area contributed by atoms with Gasteiger partial charge in [-0.2, -0.15) is 5.10 Å². The topological polar surface area (TPSA) is 75.2 Å². The van der Waals surface area contributed by atoms with Crippen molar-refractivity contribution < 1.29 is 9.47 Å². The number of rotatable bonds is 5. The number of nitrogens with two attached hydrogens (primary N) is 1. The van der Waals surface area contributed by atoms with E-state index in [1.807, 2.05) is 18.2 Å². The minimum atomic E-state index is -0.175. The summed E-state index contributed by atoms with van der Waals surface area (Å²) in [4.78, 5) is 3.88. The Morgan fingerprint density at radius 2 is 2.06 bits per heavy atom. The van der Waals surface area contributed by atoms with Crippen LogP contribution in [0.4, 0.5) is 0 Å². The highest BCUT2D eigenvalue weighted by atomic mass is 16.5. The summed E-state index contributed by atoms with van der Waals surface area (Å²) in [6.07, 6.45) is 3.13. The van der Waals surface area contributed by atoms with Crippen molar-refractivity contribution in [2.45, 2.75) is 12.6 Å². The van der Waals surface area contributed by atoms with Crippen LogP contribution in [-0.4, -0.2) is 29.0 Å². The highest BCUT2D eigenvalue weighted by molar-refractivity contribution is 5.43. The van der Waals surface area contributed by atoms with Gasteiger partial charge in [0.05, 0.1) is 20.8 Å². The van der Waals surface area contributed by atoms with Crippen LogP contribution in [0.2, 0.25) is 0 Å². The van der Waals surface area contributed by atoms with Crippen LogP contribution in [0.25, 0.3) is 0 Å². The van der Waals surface area contributed by atoms with Crippen LogP contribution in [0.5, 0.6) is 11.5 Å². The summed E-state index contributed by atoms with van der Waals surface area (Å²) < 4.78 is 12.1. The number of aromatic nitrogens is 3. The maximum atomic E-state index is 6.12. The average Bonchev–Trinajstić information content (AvgIpc) is 2.90. The molecule has 2 N–H and O–H groups in total. The van der Waals surface area contributed by atoms with Crippen LogP contribution in [0.1, 0.15) is 11.6 Å². The summed E-state index contributed by atoms with van der Waals surface area (Å²) in [6, 6.07) is 5.46. The number of benzene rings is 1. The lowest BCUT2D eigenvalue weighted by Gasteiger charge is -2.14. The highest BCUT2D eigenvalue weighted by Crippen LogP contribution is 2.29. The van der Waals surface area contributed by atoms with Crippen molar-refractivity contribution in [1.29, 1.82) is 0 Å². The van der Waals surface area contributed by atoms with Crippen molar-refractivity contribution in [3.63, 3.8) is 0 Å². The summed E-state index contributed by atoms with van der Waals surface area (Å²) in [6.45, 7) is 0.565. The maximum absolute atomic E-state index is 6.12. The molecule has 0 bridgehead atoms. The average molecular weight is 248 g/mol. The molecule has 6 heteroatoms. The minimum Gasteiger partial charge on any atom is -0.493 e. The molecule has 1 heterocycles. The zero-order valence-electron chi connectivity index (χ0n) is 10.4. The molecule has 0 saturated heterocycles. The normalized spacial score (nSPS) is 12.2. The van der Waals surface area contributed by atoms with E-state index < -0.39 is 0 Å². The molecule has 0 aliphatic carbocycles. The van der Waals surface area contributed by atoms with Crippen molar-refractivity contribution in [3.8, 4) is 11.5 Å². The molecule has 96 valence electrons. The van der Waals surface area contributed by atoms with E-state index in [1.54, 1.807) is 25.2 Å². The second kappa shape index (κ2) is 5.50. The Hall–Kier alpha value is -2.08. The highest BCUT2D eigenvalue weighted by Gasteiger charge is 2.11. The molecule has 0 aliphatic heterocycles. The Balaban J connectivity index is 2.17. The van der Waals surface area contributed by atoms with Gasteiger partial charge in [0, 0.05) is 6.04 Å². The molecule has 0 amide bonds. The summed E-state index contributed by atoms with van der Waals surface area (Å²) >= 11 is 0. The zero-order valence-corrected chi connectivity index (χ0v) is 10.4. The Bertz CT molecular complexity index is 499. The molecule has 1 atom stereocenters. The monoisotopic (exact) mass is 248 g/mol. The summed E-state index contributed by atoms with van der Waals surface area (Å²) in [7, 11) is 3.21. The van der Waals surface area contributed by atoms with Gasteiger partial charge < -0.3 is 15.2 Å². The standard InChI is InChI=1S/C12H16N4O2/c1-17-11-4-3-9(5-12(11)18-2)10(13)6-16-8-14-7-15-16/h3-5,7-8,10H,6,13H2,1-2H3. The van der Waals surface area contributed by atoms with Gasteiger partial charge in [-0.25, -0.2) is 4.98 Å². The van der Waals surface area contributed by atoms with E-state index in [1.165, 1.54) is 6.33 Å². The first-order valence-electron chi connectivity index (χ1n) is 5.54. The SMILES string of the molecule is COc1ccc(C(N)Cn2cncn2)cc1OC. The van der Waals surface area contributed by atoms with Gasteiger partial charge in [0.15, 0.2) is 11.5 Å². The largest absolute Gasteiger partial charge is 0.493 e. The lowest BCUT2D eigenvalue weighted by atomic mass is 10.1. The third-order valence-electron chi connectivity index (χ3n) is 2.69. The van der Waals surface area contributed by atoms with E-state index in [0.717, 1.165) is 5.56 Å². The molecular weight excluding hydrogens is 232 g/mol. The van der Waals surface area contributed by atoms with Crippen LogP contribution in [-0.2, 0) is 6.54 Å². The van der Waals surface area contributed by atoms with E-state index in [4.69, 9.17) is 15.2 Å². The number of hydrogen-bond acceptors (Lipinski definition) is 5. The van der Waals surface area contributed by atoms with Crippen LogP contribution in [0, 0.1) is 0 Å². The number of hydrogen-bond donors (Lipinski definition) is 1. The number of methoxy groups -OCH3 is 2. The van der Waals surface area contributed by atoms with Gasteiger partial charge in [0.1, 0.15) is 12.7 Å². The van der Waals surface area contributed by atoms with Gasteiger partial charge >= 0.3 is 0 Å². The fourth-order valence-electron chi connectivity index (χ4n) is 1.72. The number of ether oxygens (including phenoxy) is 2. The Morgan fingerprint density at radius 1 is 1.28 bits per heavy atom. The third-order valence-corrected chi connectivity index (χ3v) is 2.69. The first-order valence-corrected chi connectivity index (χ1v) is 5.54. The molecule has 0 radical (unpaired) electrons. The van der Waals surface area contributed by atoms with Gasteiger partial charge in [0.2, 0.25) is 0 Å². The Labute approximate surface area is 105 Å². The van der Waals surface area contributed by atoms with Gasteiger partial charge in [-0.15, -0.1) is 0 Å². The van der Waals surface area contributed by atoms with E-state index >= 15 is 0 Å². The van der Waals surface area contributed by atoms with Crippen molar-refractivity contribution in [1.82, 2.24) is 14.8 Å². The molecule has 1 aromatic carbocycles. The van der Waals surface area contributed by atoms with E-state index in [-0.39, 0.29) is 6.04 Å². The predicted molar refractivity (Wildman–Crippen MR) is 66.5 cm³/mol. The molecule has 2 aromatic rings. The third kappa shape index (κ3) is 2.60. The first-order chi connectivity index (χ1) is 8.74. The van der Waals surface area contributed by atoms with Crippen molar-refractivity contribution in [2.75, 3.05) is 14.2 Å². The molecule has 18 heavy (non-hydrogen) atoms. The molecule has 0 fully saturated rings. The molecule has 1 aromatic heterocycles. The van der Waals surface area contributed by atoms with E-state index in [9.17, 15) is 0 Å². The summed E-state index contributed by atoms with van der Waals surface area (Å²) in [5, 5.41) is 4.03. The predicted octanol–water partition coefficient (Wildman–Crippen LogP) is 0.995. The zero-order chi connectivity index (χ0) is 13.0. The molecule has 6 nitrogen and oxygen atoms in total. The molecule has 0 aliphatic rings. The lowest BCUT2D eigenvalue weighted by molar-refractivity contribution is 0.354. The second-order valence-electron chi connectivity index (χ2n) is 3.84. The fourth-order valence-corrected chi connectivity index (χ4v) is 1.72. The van der Waals surface area contributed by atoms with Gasteiger partial charge in [0.25, 0.3) is 0 Å². The minimum absolute atomic E-state index is 0.175. The molecular formula is C12H16N4O2. The fraction of sp³-hybridized carbons (Fsp3) is 0.333. The Kier molecular flexibility index (Phi) is 3.78. The van der Waals surface area contributed by atoms with Crippen LogP contribution >= 0.6 is 0 Å². The first kappa shape index (κ1) is 12.4. The van der Waals surface area contributed by atoms with Crippen molar-refractivity contribution >= 4 is 0 Å². The van der Waals surface area contributed by atoms with E-state index in [2.05, 4.69) is 10.1 Å². The summed E-state index contributed by atoms with van der Waals surface area (Å²) in [5.74, 6) is 1.36. The van der Waals surface area contributed by atoms with Crippen molar-refractivity contribution in [3.05, 3.63) is 36.4 Å². The molecule has 2 rings (SSSR count). The maximum Gasteiger partial charge on any atom is 0.161 e. The van der Waals surface area contributed by atoms with Crippen LogP contribution < -0.4 is 15.2 Å². The van der Waals surface area contributed by atoms with E-state index in [0.29, 0.717) is 18.0 Å². The summed E-state index contributed by atoms with van der Waals surface area (Å²) in [5.41, 5.74) is 7.08. The molecule has 0 spiro atoms. The quantitative estimate of drug-likeness (QED) is 0.854. The molecule has 1 unspecified atom stereocenters. The smallest absolute Gasteiger partial charge is 0.161 e. The van der Waals surface area contributed by atoms with Gasteiger partial charge in [-0.3, -0.25) is 4.68 Å². The van der Waals surface area contributed by atoms with Gasteiger partial charge in [-0.05, 0) is 17.7 Å². The Morgan fingerprint density at radius 3 is 2.67 bits per heavy atom.